The zero-order valence-corrected chi connectivity index (χ0v) is 19.0. The minimum Gasteiger partial charge on any atom is -0.410 e. The second-order valence-electron chi connectivity index (χ2n) is 6.42. The number of nitrogens with one attached hydrogen (secondary N) is 2. The average molecular weight is 497 g/mol. The summed E-state index contributed by atoms with van der Waals surface area (Å²) in [7, 11) is 0. The van der Waals surface area contributed by atoms with Crippen LogP contribution in [-0.2, 0) is 0 Å². The molecule has 0 atom stereocenters. The van der Waals surface area contributed by atoms with E-state index in [1.807, 2.05) is 0 Å². The van der Waals surface area contributed by atoms with Crippen LogP contribution in [0.5, 0.6) is 11.5 Å². The minimum atomic E-state index is -0.569. The lowest BCUT2D eigenvalue weighted by molar-refractivity contribution is 0.214. The van der Waals surface area contributed by atoms with Gasteiger partial charge in [-0.2, -0.15) is 0 Å². The van der Waals surface area contributed by atoms with Crippen molar-refractivity contribution in [2.45, 2.75) is 0 Å². The quantitative estimate of drug-likeness (QED) is 0.326. The summed E-state index contributed by atoms with van der Waals surface area (Å²) in [5, 5.41) is 6.27. The molecule has 2 aromatic carbocycles. The fourth-order valence-electron chi connectivity index (χ4n) is 2.38. The molecule has 8 nitrogen and oxygen atoms in total. The normalized spacial score (nSPS) is 9.71. The second-order valence-corrected chi connectivity index (χ2v) is 7.29. The van der Waals surface area contributed by atoms with Gasteiger partial charge in [0.15, 0.2) is 0 Å². The van der Waals surface area contributed by atoms with Gasteiger partial charge in [-0.3, -0.25) is 20.6 Å². The third kappa shape index (κ3) is 8.78. The highest BCUT2D eigenvalue weighted by molar-refractivity contribution is 6.30. The van der Waals surface area contributed by atoms with E-state index in [9.17, 15) is 9.59 Å². The van der Waals surface area contributed by atoms with E-state index >= 15 is 0 Å². The number of aromatic nitrogens is 2. The van der Waals surface area contributed by atoms with Gasteiger partial charge in [0.2, 0.25) is 0 Å². The summed E-state index contributed by atoms with van der Waals surface area (Å²) in [5.41, 5.74) is 1.15. The molecule has 0 saturated carbocycles. The first-order chi connectivity index (χ1) is 16.5. The van der Waals surface area contributed by atoms with Crippen molar-refractivity contribution in [1.82, 2.24) is 9.97 Å². The Bertz CT molecular complexity index is 1100. The van der Waals surface area contributed by atoms with E-state index in [1.54, 1.807) is 85.2 Å². The van der Waals surface area contributed by atoms with Gasteiger partial charge < -0.3 is 9.47 Å². The Morgan fingerprint density at radius 3 is 1.32 bits per heavy atom. The number of carbonyl (C=O) groups is 2. The summed E-state index contributed by atoms with van der Waals surface area (Å²) < 4.78 is 10.1. The topological polar surface area (TPSA) is 102 Å². The Labute approximate surface area is 205 Å². The van der Waals surface area contributed by atoms with Gasteiger partial charge >= 0.3 is 12.2 Å². The molecule has 2 aromatic heterocycles. The lowest BCUT2D eigenvalue weighted by atomic mass is 10.3. The lowest BCUT2D eigenvalue weighted by Gasteiger charge is -2.05. The average Bonchev–Trinajstić information content (AvgIpc) is 2.84. The van der Waals surface area contributed by atoms with E-state index in [1.165, 1.54) is 12.4 Å². The van der Waals surface area contributed by atoms with E-state index in [4.69, 9.17) is 32.7 Å². The molecule has 172 valence electrons. The zero-order valence-electron chi connectivity index (χ0n) is 17.5. The molecule has 0 aliphatic rings. The molecule has 2 heterocycles. The zero-order chi connectivity index (χ0) is 24.2. The summed E-state index contributed by atoms with van der Waals surface area (Å²) in [5.74, 6) is 0.853. The predicted molar refractivity (Wildman–Crippen MR) is 131 cm³/mol. The SMILES string of the molecule is O=C(Nc1cccnc1)Oc1ccc(Cl)cc1.O=C(Nc1cccnc1)Oc1ccc(Cl)cc1. The van der Waals surface area contributed by atoms with Crippen molar-refractivity contribution in [3.63, 3.8) is 0 Å². The molecule has 34 heavy (non-hydrogen) atoms. The molecule has 0 aliphatic heterocycles. The molecule has 0 bridgehead atoms. The van der Waals surface area contributed by atoms with Gasteiger partial charge in [-0.25, -0.2) is 9.59 Å². The van der Waals surface area contributed by atoms with Gasteiger partial charge in [0.05, 0.1) is 23.8 Å². The summed E-state index contributed by atoms with van der Waals surface area (Å²) >= 11 is 11.4. The highest BCUT2D eigenvalue weighted by Crippen LogP contribution is 2.17. The van der Waals surface area contributed by atoms with Crippen molar-refractivity contribution in [3.05, 3.63) is 108 Å². The fourth-order valence-corrected chi connectivity index (χ4v) is 2.63. The molecule has 0 spiro atoms. The molecule has 10 heteroatoms. The first kappa shape index (κ1) is 24.5. The summed E-state index contributed by atoms with van der Waals surface area (Å²) in [6.45, 7) is 0. The van der Waals surface area contributed by atoms with E-state index in [-0.39, 0.29) is 0 Å². The van der Waals surface area contributed by atoms with E-state index in [0.29, 0.717) is 32.9 Å². The van der Waals surface area contributed by atoms with Crippen LogP contribution in [0, 0.1) is 0 Å². The Morgan fingerprint density at radius 2 is 1.00 bits per heavy atom. The number of ether oxygens (including phenoxy) is 2. The van der Waals surface area contributed by atoms with Crippen molar-refractivity contribution in [2.75, 3.05) is 10.6 Å². The largest absolute Gasteiger partial charge is 0.417 e. The Kier molecular flexibility index (Phi) is 9.21. The maximum atomic E-state index is 11.5. The smallest absolute Gasteiger partial charge is 0.410 e. The molecule has 0 radical (unpaired) electrons. The minimum absolute atomic E-state index is 0.427. The van der Waals surface area contributed by atoms with E-state index in [2.05, 4.69) is 20.6 Å². The second kappa shape index (κ2) is 12.8. The maximum absolute atomic E-state index is 11.5. The molecule has 2 N–H and O–H groups in total. The fraction of sp³-hybridized carbons (Fsp3) is 0. The van der Waals surface area contributed by atoms with Gasteiger partial charge in [0.25, 0.3) is 0 Å². The Morgan fingerprint density at radius 1 is 0.618 bits per heavy atom. The van der Waals surface area contributed by atoms with E-state index in [0.717, 1.165) is 0 Å². The molecule has 2 amide bonds. The monoisotopic (exact) mass is 496 g/mol. The van der Waals surface area contributed by atoms with Crippen LogP contribution in [0.2, 0.25) is 10.0 Å². The number of hydrogen-bond donors (Lipinski definition) is 2. The van der Waals surface area contributed by atoms with Crippen molar-refractivity contribution in [1.29, 1.82) is 0 Å². The van der Waals surface area contributed by atoms with Crippen molar-refractivity contribution < 1.29 is 19.1 Å². The van der Waals surface area contributed by atoms with Crippen LogP contribution in [0.1, 0.15) is 0 Å². The van der Waals surface area contributed by atoms with Crippen LogP contribution in [0.4, 0.5) is 21.0 Å². The van der Waals surface area contributed by atoms with Crippen LogP contribution in [0.3, 0.4) is 0 Å². The number of anilines is 2. The molecule has 0 unspecified atom stereocenters. The van der Waals surface area contributed by atoms with Crippen LogP contribution in [-0.4, -0.2) is 22.2 Å². The van der Waals surface area contributed by atoms with Crippen LogP contribution in [0.25, 0.3) is 0 Å². The number of carbonyl (C=O) groups excluding carboxylic acids is 2. The lowest BCUT2D eigenvalue weighted by Crippen LogP contribution is -2.16. The van der Waals surface area contributed by atoms with Crippen molar-refractivity contribution in [2.24, 2.45) is 0 Å². The summed E-state index contributed by atoms with van der Waals surface area (Å²) in [6, 6.07) is 19.9. The maximum Gasteiger partial charge on any atom is 0.417 e. The van der Waals surface area contributed by atoms with Gasteiger partial charge in [0, 0.05) is 22.4 Å². The van der Waals surface area contributed by atoms with Crippen LogP contribution < -0.4 is 20.1 Å². The number of rotatable bonds is 4. The summed E-state index contributed by atoms with van der Waals surface area (Å²) in [6.07, 6.45) is 5.16. The number of hydrogen-bond acceptors (Lipinski definition) is 6. The molecular formula is C24H18Cl2N4O4. The standard InChI is InChI=1S/2C12H9ClN2O2/c2*13-9-3-5-11(6-4-9)17-12(16)15-10-2-1-7-14-8-10/h2*1-8H,(H,15,16). The predicted octanol–water partition coefficient (Wildman–Crippen LogP) is 6.69. The van der Waals surface area contributed by atoms with Crippen molar-refractivity contribution in [3.8, 4) is 11.5 Å². The van der Waals surface area contributed by atoms with Crippen LogP contribution >= 0.6 is 23.2 Å². The molecular weight excluding hydrogens is 479 g/mol. The van der Waals surface area contributed by atoms with Gasteiger partial charge in [0.1, 0.15) is 11.5 Å². The molecule has 4 aromatic rings. The van der Waals surface area contributed by atoms with Gasteiger partial charge in [-0.05, 0) is 72.8 Å². The number of amides is 2. The first-order valence-electron chi connectivity index (χ1n) is 9.77. The summed E-state index contributed by atoms with van der Waals surface area (Å²) in [4.78, 5) is 30.7. The number of nitrogens with zero attached hydrogens (tertiary/aromatic N) is 2. The van der Waals surface area contributed by atoms with Gasteiger partial charge in [-0.15, -0.1) is 0 Å². The molecule has 0 fully saturated rings. The molecule has 0 saturated heterocycles. The third-order valence-electron chi connectivity index (χ3n) is 3.86. The number of halogens is 2. The van der Waals surface area contributed by atoms with Crippen LogP contribution in [0.15, 0.2) is 97.6 Å². The van der Waals surface area contributed by atoms with Gasteiger partial charge in [-0.1, -0.05) is 23.2 Å². The Balaban J connectivity index is 0.000000191. The van der Waals surface area contributed by atoms with E-state index < -0.39 is 12.2 Å². The highest BCUT2D eigenvalue weighted by Gasteiger charge is 2.05. The highest BCUT2D eigenvalue weighted by atomic mass is 35.5. The first-order valence-corrected chi connectivity index (χ1v) is 10.5. The molecule has 4 rings (SSSR count). The Hall–Kier alpha value is -4.14. The number of pyridine rings is 2. The third-order valence-corrected chi connectivity index (χ3v) is 4.37. The molecule has 0 aliphatic carbocycles. The number of benzene rings is 2. The van der Waals surface area contributed by atoms with Crippen molar-refractivity contribution >= 4 is 46.8 Å².